The van der Waals surface area contributed by atoms with Gasteiger partial charge in [-0.2, -0.15) is 8.42 Å². The van der Waals surface area contributed by atoms with Crippen LogP contribution in [-0.4, -0.2) is 30.1 Å². The molecule has 0 aliphatic rings. The number of hydrogen-bond acceptors (Lipinski definition) is 4. The fourth-order valence-corrected chi connectivity index (χ4v) is 2.74. The number of rotatable bonds is 18. The minimum Gasteiger partial charge on any atom is -1.00 e. The van der Waals surface area contributed by atoms with Crippen molar-refractivity contribution in [2.24, 2.45) is 0 Å². The van der Waals surface area contributed by atoms with Crippen molar-refractivity contribution in [1.82, 2.24) is 0 Å². The van der Waals surface area contributed by atoms with Gasteiger partial charge in [0.05, 0.1) is 6.61 Å². The van der Waals surface area contributed by atoms with Crippen LogP contribution in [0.25, 0.3) is 0 Å². The number of allylic oxidation sites excluding steroid dienone is 2. The number of unbranched alkanes of at least 4 members (excludes halogenated alkanes) is 12. The molecule has 8 heteroatoms. The second kappa shape index (κ2) is 27.1. The summed E-state index contributed by atoms with van der Waals surface area (Å²) in [6.07, 6.45) is 24.1. The molecule has 0 unspecified atom stereocenters. The summed E-state index contributed by atoms with van der Waals surface area (Å²) >= 11 is 0. The Labute approximate surface area is 209 Å². The van der Waals surface area contributed by atoms with Crippen LogP contribution in [0.5, 0.6) is 0 Å². The van der Waals surface area contributed by atoms with Crippen LogP contribution in [0.15, 0.2) is 12.2 Å². The Morgan fingerprint density at radius 2 is 1.17 bits per heavy atom. The fourth-order valence-electron chi connectivity index (χ4n) is 2.74. The summed E-state index contributed by atoms with van der Waals surface area (Å²) < 4.78 is 36.7. The molecule has 0 aliphatic heterocycles. The van der Waals surface area contributed by atoms with E-state index in [1.807, 2.05) is 0 Å². The summed E-state index contributed by atoms with van der Waals surface area (Å²) in [4.78, 5) is 11.4. The SMILES string of the molecule is CCCCCCCCC=CCCCCCCCC(=O)OCCCC.O=S(=O)(O)O.[H-].[Na+]. The molecule has 30 heavy (non-hydrogen) atoms. The predicted molar refractivity (Wildman–Crippen MR) is 121 cm³/mol. The maximum absolute atomic E-state index is 11.4. The molecule has 0 aromatic carbocycles. The third-order valence-corrected chi connectivity index (χ3v) is 4.40. The third-order valence-electron chi connectivity index (χ3n) is 4.40. The van der Waals surface area contributed by atoms with Crippen molar-refractivity contribution in [3.05, 3.63) is 12.2 Å². The van der Waals surface area contributed by atoms with Crippen molar-refractivity contribution >= 4 is 16.4 Å². The van der Waals surface area contributed by atoms with E-state index in [0.717, 1.165) is 25.7 Å². The summed E-state index contributed by atoms with van der Waals surface area (Å²) in [5, 5.41) is 0. The van der Waals surface area contributed by atoms with Gasteiger partial charge in [0.2, 0.25) is 0 Å². The zero-order valence-electron chi connectivity index (χ0n) is 20.6. The molecule has 6 nitrogen and oxygen atoms in total. The smallest absolute Gasteiger partial charge is 1.00 e. The Kier molecular flexibility index (Phi) is 31.4. The van der Waals surface area contributed by atoms with Gasteiger partial charge in [0.1, 0.15) is 0 Å². The summed E-state index contributed by atoms with van der Waals surface area (Å²) in [5.74, 6) is -0.0129. The first-order valence-corrected chi connectivity index (χ1v) is 12.7. The number of esters is 1. The fraction of sp³-hybridized carbons (Fsp3) is 0.864. The van der Waals surface area contributed by atoms with Crippen molar-refractivity contribution in [1.29, 1.82) is 0 Å². The molecule has 0 rings (SSSR count). The Hall–Kier alpha value is 0.0800. The second-order valence-corrected chi connectivity index (χ2v) is 8.25. The number of carbonyl (C=O) groups is 1. The minimum absolute atomic E-state index is 0. The first-order valence-electron chi connectivity index (χ1n) is 11.3. The molecule has 0 spiro atoms. The molecule has 0 saturated carbocycles. The monoisotopic (exact) mass is 460 g/mol. The molecular formula is C22H45NaO6S. The van der Waals surface area contributed by atoms with Crippen molar-refractivity contribution in [2.45, 2.75) is 117 Å². The first-order chi connectivity index (χ1) is 13.8. The molecule has 2 N–H and O–H groups in total. The molecule has 0 aromatic rings. The van der Waals surface area contributed by atoms with Gasteiger partial charge in [0, 0.05) is 6.42 Å². The van der Waals surface area contributed by atoms with Crippen LogP contribution in [0.1, 0.15) is 118 Å². The largest absolute Gasteiger partial charge is 1.00 e. The zero-order chi connectivity index (χ0) is 22.2. The van der Waals surface area contributed by atoms with Crippen molar-refractivity contribution < 1.29 is 58.0 Å². The molecule has 0 saturated heterocycles. The van der Waals surface area contributed by atoms with Crippen molar-refractivity contribution in [3.8, 4) is 0 Å². The average Bonchev–Trinajstić information content (AvgIpc) is 2.64. The van der Waals surface area contributed by atoms with Crippen LogP contribution >= 0.6 is 0 Å². The molecular weight excluding hydrogens is 415 g/mol. The van der Waals surface area contributed by atoms with Crippen LogP contribution in [-0.2, 0) is 19.9 Å². The van der Waals surface area contributed by atoms with E-state index in [2.05, 4.69) is 26.0 Å². The van der Waals surface area contributed by atoms with E-state index in [0.29, 0.717) is 13.0 Å². The van der Waals surface area contributed by atoms with Gasteiger partial charge in [0.15, 0.2) is 0 Å². The van der Waals surface area contributed by atoms with E-state index in [-0.39, 0.29) is 37.0 Å². The number of carbonyl (C=O) groups excluding carboxylic acids is 1. The Morgan fingerprint density at radius 3 is 1.63 bits per heavy atom. The van der Waals surface area contributed by atoms with Crippen molar-refractivity contribution in [3.63, 3.8) is 0 Å². The number of hydrogen-bond donors (Lipinski definition) is 2. The Balaban J connectivity index is -0.000000464. The van der Waals surface area contributed by atoms with Gasteiger partial charge in [-0.15, -0.1) is 0 Å². The van der Waals surface area contributed by atoms with Crippen LogP contribution in [0.3, 0.4) is 0 Å². The van der Waals surface area contributed by atoms with Gasteiger partial charge >= 0.3 is 45.9 Å². The summed E-state index contributed by atoms with van der Waals surface area (Å²) in [7, 11) is -4.67. The van der Waals surface area contributed by atoms with E-state index >= 15 is 0 Å². The topological polar surface area (TPSA) is 101 Å². The van der Waals surface area contributed by atoms with E-state index < -0.39 is 10.4 Å². The van der Waals surface area contributed by atoms with Crippen LogP contribution < -0.4 is 29.6 Å². The molecule has 0 amide bonds. The van der Waals surface area contributed by atoms with Gasteiger partial charge < -0.3 is 6.16 Å². The summed E-state index contributed by atoms with van der Waals surface area (Å²) in [6, 6.07) is 0. The minimum atomic E-state index is -4.67. The second-order valence-electron chi connectivity index (χ2n) is 7.36. The Morgan fingerprint density at radius 1 is 0.767 bits per heavy atom. The predicted octanol–water partition coefficient (Wildman–Crippen LogP) is 3.83. The normalized spacial score (nSPS) is 10.9. The molecule has 0 atom stereocenters. The van der Waals surface area contributed by atoms with E-state index in [1.165, 1.54) is 70.6 Å². The maximum atomic E-state index is 11.4. The molecule has 0 bridgehead atoms. The maximum Gasteiger partial charge on any atom is 1.00 e. The van der Waals surface area contributed by atoms with Gasteiger partial charge in [0.25, 0.3) is 0 Å². The summed E-state index contributed by atoms with van der Waals surface area (Å²) in [6.45, 7) is 4.98. The van der Waals surface area contributed by atoms with E-state index in [1.54, 1.807) is 0 Å². The third kappa shape index (κ3) is 42.2. The molecule has 0 aliphatic carbocycles. The molecule has 176 valence electrons. The standard InChI is InChI=1S/C22H42O2.Na.H2O4S.H/c1-3-5-7-8-9-10-11-12-13-14-15-16-17-18-19-20-22(23)24-21-6-4-2;;1-5(2,3)4;/h12-13H,3-11,14-21H2,1-2H3;;(H2,1,2,3,4);/q;+1;;-1. The van der Waals surface area contributed by atoms with Gasteiger partial charge in [-0.05, 0) is 38.5 Å². The Bertz CT molecular complexity index is 478. The first kappa shape index (κ1) is 34.7. The van der Waals surface area contributed by atoms with Crippen molar-refractivity contribution in [2.75, 3.05) is 6.61 Å². The zero-order valence-corrected chi connectivity index (χ0v) is 22.4. The molecule has 0 heterocycles. The van der Waals surface area contributed by atoms with E-state index in [4.69, 9.17) is 22.3 Å². The van der Waals surface area contributed by atoms with Gasteiger partial charge in [-0.25, -0.2) is 0 Å². The van der Waals surface area contributed by atoms with E-state index in [9.17, 15) is 4.79 Å². The quantitative estimate of drug-likeness (QED) is 0.106. The molecule has 0 fully saturated rings. The van der Waals surface area contributed by atoms with Crippen LogP contribution in [0, 0.1) is 0 Å². The van der Waals surface area contributed by atoms with Crippen LogP contribution in [0.4, 0.5) is 0 Å². The summed E-state index contributed by atoms with van der Waals surface area (Å²) in [5.41, 5.74) is 0. The molecule has 0 aromatic heterocycles. The average molecular weight is 461 g/mol. The van der Waals surface area contributed by atoms with Gasteiger partial charge in [-0.3, -0.25) is 13.9 Å². The van der Waals surface area contributed by atoms with Gasteiger partial charge in [-0.1, -0.05) is 83.8 Å². The molecule has 0 radical (unpaired) electrons. The number of ether oxygens (including phenoxy) is 1. The van der Waals surface area contributed by atoms with Crippen LogP contribution in [0.2, 0.25) is 0 Å².